The van der Waals surface area contributed by atoms with Crippen molar-refractivity contribution in [1.82, 2.24) is 4.90 Å². The van der Waals surface area contributed by atoms with Crippen molar-refractivity contribution in [2.24, 2.45) is 0 Å². The molecule has 0 spiro atoms. The molecule has 2 aromatic carbocycles. The Hall–Kier alpha value is -3.21. The Labute approximate surface area is 209 Å². The standard InChI is InChI=1S/C23H18ClN3O5S2/c24-13-7-9-14(10-8-13)25-17(28)12-27-16-5-2-1-4-15(16)19(21(27)31)20-22(32)26(23(33)34-20)11-3-6-18(29)30/h1-2,4-5,7-10H,3,6,11-12H2,(H,25,28)(H,29,30). The van der Waals surface area contributed by atoms with Crippen LogP contribution in [0.15, 0.2) is 53.4 Å². The maximum atomic E-state index is 13.4. The monoisotopic (exact) mass is 515 g/mol. The summed E-state index contributed by atoms with van der Waals surface area (Å²) in [6, 6.07) is 13.5. The zero-order valence-corrected chi connectivity index (χ0v) is 20.0. The Balaban J connectivity index is 1.58. The van der Waals surface area contributed by atoms with Gasteiger partial charge in [-0.2, -0.15) is 0 Å². The van der Waals surface area contributed by atoms with Gasteiger partial charge in [0.25, 0.3) is 11.8 Å². The number of fused-ring (bicyclic) bond motifs is 1. The second-order valence-electron chi connectivity index (χ2n) is 7.49. The van der Waals surface area contributed by atoms with Gasteiger partial charge >= 0.3 is 5.97 Å². The van der Waals surface area contributed by atoms with Gasteiger partial charge < -0.3 is 10.4 Å². The van der Waals surface area contributed by atoms with E-state index in [1.807, 2.05) is 0 Å². The predicted octanol–water partition coefficient (Wildman–Crippen LogP) is 3.76. The number of hydrogen-bond donors (Lipinski definition) is 2. The number of amides is 3. The second kappa shape index (κ2) is 9.96. The summed E-state index contributed by atoms with van der Waals surface area (Å²) in [5, 5.41) is 12.1. The summed E-state index contributed by atoms with van der Waals surface area (Å²) in [6.07, 6.45) is 0.146. The van der Waals surface area contributed by atoms with Crippen molar-refractivity contribution in [3.05, 3.63) is 64.0 Å². The zero-order valence-electron chi connectivity index (χ0n) is 17.6. The molecule has 2 aromatic rings. The lowest BCUT2D eigenvalue weighted by Gasteiger charge is -2.17. The molecule has 0 bridgehead atoms. The number of hydrogen-bond acceptors (Lipinski definition) is 6. The first-order chi connectivity index (χ1) is 16.3. The van der Waals surface area contributed by atoms with Gasteiger partial charge in [-0.05, 0) is 36.8 Å². The van der Waals surface area contributed by atoms with Gasteiger partial charge in [0, 0.05) is 29.2 Å². The van der Waals surface area contributed by atoms with Gasteiger partial charge in [-0.1, -0.05) is 53.8 Å². The Morgan fingerprint density at radius 3 is 2.44 bits per heavy atom. The van der Waals surface area contributed by atoms with Crippen LogP contribution in [0.5, 0.6) is 0 Å². The van der Waals surface area contributed by atoms with Crippen LogP contribution < -0.4 is 10.2 Å². The summed E-state index contributed by atoms with van der Waals surface area (Å²) in [6.45, 7) is -0.0995. The number of carbonyl (C=O) groups excluding carboxylic acids is 3. The van der Waals surface area contributed by atoms with E-state index in [0.717, 1.165) is 11.8 Å². The topological polar surface area (TPSA) is 107 Å². The van der Waals surface area contributed by atoms with Gasteiger partial charge in [0.15, 0.2) is 0 Å². The molecule has 2 aliphatic rings. The third-order valence-electron chi connectivity index (χ3n) is 5.20. The van der Waals surface area contributed by atoms with Crippen LogP contribution in [-0.2, 0) is 19.2 Å². The van der Waals surface area contributed by atoms with E-state index in [9.17, 15) is 19.2 Å². The Morgan fingerprint density at radius 1 is 1.03 bits per heavy atom. The van der Waals surface area contributed by atoms with Crippen LogP contribution in [-0.4, -0.2) is 51.1 Å². The van der Waals surface area contributed by atoms with Gasteiger partial charge in [-0.15, -0.1) is 0 Å². The van der Waals surface area contributed by atoms with Crippen molar-refractivity contribution in [1.29, 1.82) is 0 Å². The second-order valence-corrected chi connectivity index (χ2v) is 9.57. The van der Waals surface area contributed by atoms with Crippen LogP contribution in [0.25, 0.3) is 5.57 Å². The largest absolute Gasteiger partial charge is 0.481 e. The summed E-state index contributed by atoms with van der Waals surface area (Å²) in [5.74, 6) is -2.28. The molecule has 2 heterocycles. The number of thiocarbonyl (C=S) groups is 1. The average Bonchev–Trinajstić information content (AvgIpc) is 3.22. The fourth-order valence-corrected chi connectivity index (χ4v) is 5.17. The highest BCUT2D eigenvalue weighted by Crippen LogP contribution is 2.44. The molecule has 0 radical (unpaired) electrons. The third-order valence-corrected chi connectivity index (χ3v) is 6.90. The third kappa shape index (κ3) is 4.84. The molecule has 11 heteroatoms. The lowest BCUT2D eigenvalue weighted by molar-refractivity contribution is -0.137. The van der Waals surface area contributed by atoms with Crippen LogP contribution in [0.1, 0.15) is 18.4 Å². The Morgan fingerprint density at radius 2 is 1.74 bits per heavy atom. The lowest BCUT2D eigenvalue weighted by atomic mass is 10.1. The highest BCUT2D eigenvalue weighted by atomic mass is 35.5. The molecule has 0 saturated carbocycles. The molecule has 1 saturated heterocycles. The van der Waals surface area contributed by atoms with Gasteiger partial charge in [-0.25, -0.2) is 0 Å². The molecule has 174 valence electrons. The minimum Gasteiger partial charge on any atom is -0.481 e. The summed E-state index contributed by atoms with van der Waals surface area (Å²) >= 11 is 12.2. The number of halogens is 1. The maximum Gasteiger partial charge on any atom is 0.303 e. The van der Waals surface area contributed by atoms with Gasteiger partial charge in [0.2, 0.25) is 5.91 Å². The smallest absolute Gasteiger partial charge is 0.303 e. The number of anilines is 2. The minimum atomic E-state index is -0.962. The summed E-state index contributed by atoms with van der Waals surface area (Å²) < 4.78 is 0.266. The number of carbonyl (C=O) groups is 4. The van der Waals surface area contributed by atoms with E-state index in [1.165, 1.54) is 9.80 Å². The number of para-hydroxylation sites is 1. The summed E-state index contributed by atoms with van der Waals surface area (Å²) in [5.41, 5.74) is 1.78. The molecule has 3 amide bonds. The number of carboxylic acids is 1. The molecule has 8 nitrogen and oxygen atoms in total. The highest BCUT2D eigenvalue weighted by molar-refractivity contribution is 8.26. The molecule has 0 aliphatic carbocycles. The Kier molecular flexibility index (Phi) is 7.01. The molecule has 2 aliphatic heterocycles. The molecule has 1 fully saturated rings. The first-order valence-electron chi connectivity index (χ1n) is 10.2. The van der Waals surface area contributed by atoms with E-state index in [2.05, 4.69) is 5.32 Å². The molecular formula is C23H18ClN3O5S2. The van der Waals surface area contributed by atoms with Crippen molar-refractivity contribution in [2.75, 3.05) is 23.3 Å². The van der Waals surface area contributed by atoms with E-state index >= 15 is 0 Å². The SMILES string of the molecule is O=C(O)CCCN1C(=O)C(=C2C(=O)N(CC(=O)Nc3ccc(Cl)cc3)c3ccccc32)SC1=S. The number of nitrogens with zero attached hydrogens (tertiary/aromatic N) is 2. The first-order valence-corrected chi connectivity index (χ1v) is 11.8. The van der Waals surface area contributed by atoms with Crippen LogP contribution >= 0.6 is 35.6 Å². The molecular weight excluding hydrogens is 498 g/mol. The van der Waals surface area contributed by atoms with E-state index in [-0.39, 0.29) is 40.7 Å². The maximum absolute atomic E-state index is 13.4. The number of thioether (sulfide) groups is 1. The molecule has 0 unspecified atom stereocenters. The van der Waals surface area contributed by atoms with Crippen LogP contribution in [0.3, 0.4) is 0 Å². The number of benzene rings is 2. The van der Waals surface area contributed by atoms with Crippen LogP contribution in [0.4, 0.5) is 11.4 Å². The van der Waals surface area contributed by atoms with E-state index in [0.29, 0.717) is 22.0 Å². The van der Waals surface area contributed by atoms with Gasteiger partial charge in [0.05, 0.1) is 16.2 Å². The van der Waals surface area contributed by atoms with Gasteiger partial charge in [0.1, 0.15) is 10.9 Å². The van der Waals surface area contributed by atoms with Crippen LogP contribution in [0, 0.1) is 0 Å². The van der Waals surface area contributed by atoms with Crippen LogP contribution in [0.2, 0.25) is 5.02 Å². The number of carboxylic acid groups (broad SMARTS) is 1. The summed E-state index contributed by atoms with van der Waals surface area (Å²) in [4.78, 5) is 52.8. The van der Waals surface area contributed by atoms with Crippen molar-refractivity contribution in [3.8, 4) is 0 Å². The van der Waals surface area contributed by atoms with Gasteiger partial charge in [-0.3, -0.25) is 29.0 Å². The minimum absolute atomic E-state index is 0.0960. The van der Waals surface area contributed by atoms with Crippen molar-refractivity contribution in [2.45, 2.75) is 12.8 Å². The van der Waals surface area contributed by atoms with E-state index < -0.39 is 23.7 Å². The van der Waals surface area contributed by atoms with E-state index in [1.54, 1.807) is 48.5 Å². The van der Waals surface area contributed by atoms with Crippen molar-refractivity contribution in [3.63, 3.8) is 0 Å². The first kappa shape index (κ1) is 23.9. The number of aliphatic carboxylic acids is 1. The number of rotatable bonds is 7. The fourth-order valence-electron chi connectivity index (χ4n) is 3.66. The van der Waals surface area contributed by atoms with E-state index in [4.69, 9.17) is 28.9 Å². The Bertz CT molecular complexity index is 1250. The fraction of sp³-hybridized carbons (Fsp3) is 0.174. The highest BCUT2D eigenvalue weighted by Gasteiger charge is 2.42. The lowest BCUT2D eigenvalue weighted by Crippen LogP contribution is -2.35. The molecule has 4 rings (SSSR count). The molecule has 0 atom stereocenters. The number of nitrogens with one attached hydrogen (secondary N) is 1. The normalized spacial score (nSPS) is 17.4. The molecule has 34 heavy (non-hydrogen) atoms. The molecule has 0 aromatic heterocycles. The zero-order chi connectivity index (χ0) is 24.4. The van der Waals surface area contributed by atoms with Crippen molar-refractivity contribution >= 4 is 80.5 Å². The predicted molar refractivity (Wildman–Crippen MR) is 135 cm³/mol. The average molecular weight is 516 g/mol. The summed E-state index contributed by atoms with van der Waals surface area (Å²) in [7, 11) is 0. The quantitative estimate of drug-likeness (QED) is 0.427. The molecule has 2 N–H and O–H groups in total. The van der Waals surface area contributed by atoms with Crippen molar-refractivity contribution < 1.29 is 24.3 Å².